The summed E-state index contributed by atoms with van der Waals surface area (Å²) < 4.78 is 9.73. The highest BCUT2D eigenvalue weighted by Crippen LogP contribution is 2.37. The molecular weight excluding hydrogens is 336 g/mol. The number of rotatable bonds is 6. The summed E-state index contributed by atoms with van der Waals surface area (Å²) in [6, 6.07) is 5.05. The Morgan fingerprint density at radius 1 is 1.28 bits per heavy atom. The predicted octanol–water partition coefficient (Wildman–Crippen LogP) is 0.267. The molecule has 1 fully saturated rings. The van der Waals surface area contributed by atoms with Gasteiger partial charge in [-0.15, -0.1) is 0 Å². The number of non-ortho nitro benzene ring substituents is 1. The summed E-state index contributed by atoms with van der Waals surface area (Å²) in [4.78, 5) is 43.9. The first-order valence-corrected chi connectivity index (χ1v) is 7.30. The van der Waals surface area contributed by atoms with E-state index in [-0.39, 0.29) is 5.69 Å². The van der Waals surface area contributed by atoms with Crippen LogP contribution in [-0.2, 0) is 19.1 Å². The van der Waals surface area contributed by atoms with E-state index < -0.39 is 47.1 Å². The largest absolute Gasteiger partial charge is 0.541 e. The fraction of sp³-hybridized carbons (Fsp3) is 0.400. The topological polar surface area (TPSA) is 148 Å². The van der Waals surface area contributed by atoms with Crippen LogP contribution in [0.1, 0.15) is 25.5 Å². The first-order chi connectivity index (χ1) is 11.7. The molecule has 1 aliphatic heterocycles. The molecule has 0 saturated carbocycles. The maximum absolute atomic E-state index is 11.8. The van der Waals surface area contributed by atoms with Crippen molar-refractivity contribution in [3.8, 4) is 0 Å². The van der Waals surface area contributed by atoms with Crippen LogP contribution >= 0.6 is 0 Å². The number of esters is 1. The molecule has 0 aliphatic carbocycles. The van der Waals surface area contributed by atoms with Gasteiger partial charge in [-0.3, -0.25) is 19.7 Å². The first-order valence-electron chi connectivity index (χ1n) is 7.30. The van der Waals surface area contributed by atoms with E-state index in [4.69, 9.17) is 9.47 Å². The summed E-state index contributed by atoms with van der Waals surface area (Å²) in [6.07, 6.45) is -3.83. The van der Waals surface area contributed by atoms with Crippen molar-refractivity contribution in [1.82, 2.24) is 5.32 Å². The summed E-state index contributed by atoms with van der Waals surface area (Å²) in [7, 11) is 0. The van der Waals surface area contributed by atoms with Crippen LogP contribution in [0.15, 0.2) is 24.3 Å². The molecule has 4 unspecified atom stereocenters. The van der Waals surface area contributed by atoms with Crippen molar-refractivity contribution in [2.24, 2.45) is 11.8 Å². The number of ether oxygens (including phenoxy) is 2. The Morgan fingerprint density at radius 2 is 1.88 bits per heavy atom. The molecule has 1 aromatic rings. The van der Waals surface area contributed by atoms with Crippen LogP contribution < -0.4 is 10.4 Å². The Kier molecular flexibility index (Phi) is 5.20. The number of carboxylic acid groups (broad SMARTS) is 1. The quantitative estimate of drug-likeness (QED) is 0.332. The Labute approximate surface area is 141 Å². The van der Waals surface area contributed by atoms with Gasteiger partial charge >= 0.3 is 5.97 Å². The molecule has 4 atom stereocenters. The zero-order chi connectivity index (χ0) is 18.7. The van der Waals surface area contributed by atoms with E-state index in [1.54, 1.807) is 6.92 Å². The van der Waals surface area contributed by atoms with Gasteiger partial charge in [0.1, 0.15) is 0 Å². The number of nitrogens with one attached hydrogen (secondary N) is 1. The second-order valence-corrected chi connectivity index (χ2v) is 5.56. The lowest BCUT2D eigenvalue weighted by Crippen LogP contribution is -2.62. The predicted molar refractivity (Wildman–Crippen MR) is 78.7 cm³/mol. The standard InChI is InChI=1S/C15H16N2O8/c1-7(11-13(19)16-14(11)24-8(2)18)12(25-15(20)21)9-3-5-10(6-4-9)17(22)23/h3-7,11-12,14H,1-2H3,(H,16,19)(H,20,21)/p-1. The van der Waals surface area contributed by atoms with E-state index in [1.165, 1.54) is 31.2 Å². The second-order valence-electron chi connectivity index (χ2n) is 5.56. The average molecular weight is 351 g/mol. The van der Waals surface area contributed by atoms with E-state index in [0.717, 1.165) is 0 Å². The number of carbonyl (C=O) groups is 3. The lowest BCUT2D eigenvalue weighted by Gasteiger charge is -2.42. The van der Waals surface area contributed by atoms with Gasteiger partial charge in [0.15, 0.2) is 6.23 Å². The normalized spacial score (nSPS) is 21.3. The zero-order valence-corrected chi connectivity index (χ0v) is 13.3. The molecule has 1 heterocycles. The summed E-state index contributed by atoms with van der Waals surface area (Å²) in [6.45, 7) is 2.73. The van der Waals surface area contributed by atoms with Crippen molar-refractivity contribution in [2.75, 3.05) is 0 Å². The Morgan fingerprint density at radius 3 is 2.32 bits per heavy atom. The molecule has 0 bridgehead atoms. The van der Waals surface area contributed by atoms with Gasteiger partial charge in [0.25, 0.3) is 11.8 Å². The first kappa shape index (κ1) is 18.2. The minimum Gasteiger partial charge on any atom is -0.541 e. The van der Waals surface area contributed by atoms with Crippen LogP contribution in [-0.4, -0.2) is 29.2 Å². The lowest BCUT2D eigenvalue weighted by atomic mass is 9.80. The SMILES string of the molecule is CC(=O)OC1NC(=O)C1C(C)C(OC(=O)[O-])c1ccc([N+](=O)[O-])cc1. The minimum atomic E-state index is -1.81. The Hall–Kier alpha value is -3.17. The number of β-lactam (4-membered cyclic amide) rings is 1. The molecule has 1 amide bonds. The fourth-order valence-electron chi connectivity index (χ4n) is 2.72. The highest BCUT2D eigenvalue weighted by molar-refractivity contribution is 5.86. The van der Waals surface area contributed by atoms with Crippen LogP contribution in [0.25, 0.3) is 0 Å². The van der Waals surface area contributed by atoms with Gasteiger partial charge in [-0.2, -0.15) is 0 Å². The van der Waals surface area contributed by atoms with E-state index in [2.05, 4.69) is 5.32 Å². The number of nitro benzene ring substituents is 1. The van der Waals surface area contributed by atoms with Crippen molar-refractivity contribution in [3.05, 3.63) is 39.9 Å². The maximum atomic E-state index is 11.8. The van der Waals surface area contributed by atoms with Crippen LogP contribution in [0.2, 0.25) is 0 Å². The minimum absolute atomic E-state index is 0.178. The highest BCUT2D eigenvalue weighted by atomic mass is 16.7. The number of benzene rings is 1. The maximum Gasteiger partial charge on any atom is 0.304 e. The second kappa shape index (κ2) is 7.16. The molecule has 25 heavy (non-hydrogen) atoms. The number of amides is 1. The summed E-state index contributed by atoms with van der Waals surface area (Å²) in [5.74, 6) is -2.57. The summed E-state index contributed by atoms with van der Waals surface area (Å²) >= 11 is 0. The van der Waals surface area contributed by atoms with Crippen molar-refractivity contribution < 1.29 is 33.9 Å². The summed E-state index contributed by atoms with van der Waals surface area (Å²) in [5, 5.41) is 24.0. The molecule has 10 heteroatoms. The van der Waals surface area contributed by atoms with Gasteiger partial charge in [0.05, 0.1) is 16.9 Å². The third-order valence-corrected chi connectivity index (χ3v) is 3.91. The number of carbonyl (C=O) groups excluding carboxylic acids is 3. The lowest BCUT2D eigenvalue weighted by molar-refractivity contribution is -0.384. The van der Waals surface area contributed by atoms with Crippen molar-refractivity contribution in [2.45, 2.75) is 26.2 Å². The molecule has 1 aliphatic rings. The van der Waals surface area contributed by atoms with Crippen molar-refractivity contribution in [3.63, 3.8) is 0 Å². The molecule has 2 rings (SSSR count). The molecule has 1 aromatic carbocycles. The smallest absolute Gasteiger partial charge is 0.304 e. The van der Waals surface area contributed by atoms with Gasteiger partial charge in [0.2, 0.25) is 5.91 Å². The fourth-order valence-corrected chi connectivity index (χ4v) is 2.72. The van der Waals surface area contributed by atoms with E-state index in [0.29, 0.717) is 5.56 Å². The van der Waals surface area contributed by atoms with Gasteiger partial charge in [-0.1, -0.05) is 19.1 Å². The Balaban J connectivity index is 2.26. The molecular formula is C15H15N2O8-. The molecule has 0 spiro atoms. The van der Waals surface area contributed by atoms with Crippen LogP contribution in [0.5, 0.6) is 0 Å². The number of hydrogen-bond donors (Lipinski definition) is 1. The van der Waals surface area contributed by atoms with Gasteiger partial charge in [-0.25, -0.2) is 0 Å². The molecule has 1 N–H and O–H groups in total. The number of hydrogen-bond acceptors (Lipinski definition) is 8. The van der Waals surface area contributed by atoms with E-state index >= 15 is 0 Å². The highest BCUT2D eigenvalue weighted by Gasteiger charge is 2.47. The third-order valence-electron chi connectivity index (χ3n) is 3.91. The number of nitrogens with zero attached hydrogens (tertiary/aromatic N) is 1. The van der Waals surface area contributed by atoms with Gasteiger partial charge in [-0.05, 0) is 11.5 Å². The monoisotopic (exact) mass is 351 g/mol. The van der Waals surface area contributed by atoms with Crippen molar-refractivity contribution >= 4 is 23.7 Å². The van der Waals surface area contributed by atoms with Gasteiger partial charge in [0, 0.05) is 19.1 Å². The third kappa shape index (κ3) is 4.03. The van der Waals surface area contributed by atoms with E-state index in [1.807, 2.05) is 0 Å². The zero-order valence-electron chi connectivity index (χ0n) is 13.3. The molecule has 1 saturated heterocycles. The molecule has 0 radical (unpaired) electrons. The van der Waals surface area contributed by atoms with Gasteiger partial charge < -0.3 is 24.7 Å². The average Bonchev–Trinajstić information content (AvgIpc) is 2.51. The van der Waals surface area contributed by atoms with Crippen molar-refractivity contribution in [1.29, 1.82) is 0 Å². The summed E-state index contributed by atoms with van der Waals surface area (Å²) in [5.41, 5.74) is 0.131. The van der Waals surface area contributed by atoms with Crippen LogP contribution in [0, 0.1) is 22.0 Å². The molecule has 0 aromatic heterocycles. The molecule has 10 nitrogen and oxygen atoms in total. The Bertz CT molecular complexity index is 702. The number of nitro groups is 1. The van der Waals surface area contributed by atoms with Crippen LogP contribution in [0.3, 0.4) is 0 Å². The molecule has 134 valence electrons. The van der Waals surface area contributed by atoms with Crippen LogP contribution in [0.4, 0.5) is 10.5 Å². The van der Waals surface area contributed by atoms with E-state index in [9.17, 15) is 29.6 Å².